The molecule has 116 valence electrons. The first-order chi connectivity index (χ1) is 10.2. The molecule has 3 atom stereocenters. The fourth-order valence-corrected chi connectivity index (χ4v) is 4.45. The van der Waals surface area contributed by atoms with Gasteiger partial charge in [0.1, 0.15) is 0 Å². The fourth-order valence-electron chi connectivity index (χ4n) is 4.45. The average molecular weight is 289 g/mol. The van der Waals surface area contributed by atoms with Gasteiger partial charge in [-0.25, -0.2) is 0 Å². The van der Waals surface area contributed by atoms with E-state index in [1.807, 2.05) is 0 Å². The standard InChI is InChI=1S/C17H27N3O/c1-12-8-15-16(18)5-2-6-17(15)20(12)10-14-9-19-7-3-4-13(19)11-21-14/h8,13-14,16H,2-7,9-11,18H2,1H3. The maximum absolute atomic E-state index is 6.28. The molecule has 0 bridgehead atoms. The van der Waals surface area contributed by atoms with Crippen LogP contribution in [0.4, 0.5) is 0 Å². The highest BCUT2D eigenvalue weighted by molar-refractivity contribution is 5.32. The second-order valence-electron chi connectivity index (χ2n) is 7.04. The fraction of sp³-hybridized carbons (Fsp3) is 0.765. The predicted octanol–water partition coefficient (Wildman–Crippen LogP) is 2.00. The lowest BCUT2D eigenvalue weighted by Gasteiger charge is -2.36. The molecule has 2 N–H and O–H groups in total. The summed E-state index contributed by atoms with van der Waals surface area (Å²) < 4.78 is 8.63. The van der Waals surface area contributed by atoms with Crippen LogP contribution in [0, 0.1) is 6.92 Å². The van der Waals surface area contributed by atoms with E-state index in [0.29, 0.717) is 12.1 Å². The van der Waals surface area contributed by atoms with Crippen molar-refractivity contribution in [3.63, 3.8) is 0 Å². The van der Waals surface area contributed by atoms with E-state index in [9.17, 15) is 0 Å². The van der Waals surface area contributed by atoms with Crippen molar-refractivity contribution in [2.75, 3.05) is 19.7 Å². The van der Waals surface area contributed by atoms with Crippen molar-refractivity contribution in [1.82, 2.24) is 9.47 Å². The van der Waals surface area contributed by atoms with Crippen LogP contribution < -0.4 is 5.73 Å². The monoisotopic (exact) mass is 289 g/mol. The smallest absolute Gasteiger partial charge is 0.0881 e. The normalized spacial score (nSPS) is 33.0. The second kappa shape index (κ2) is 5.41. The molecule has 1 aromatic rings. The van der Waals surface area contributed by atoms with Crippen molar-refractivity contribution in [2.24, 2.45) is 5.73 Å². The minimum atomic E-state index is 0.240. The number of aromatic nitrogens is 1. The third-order valence-corrected chi connectivity index (χ3v) is 5.63. The van der Waals surface area contributed by atoms with E-state index in [0.717, 1.165) is 26.1 Å². The Morgan fingerprint density at radius 2 is 2.24 bits per heavy atom. The highest BCUT2D eigenvalue weighted by Crippen LogP contribution is 2.31. The molecular weight excluding hydrogens is 262 g/mol. The van der Waals surface area contributed by atoms with Crippen molar-refractivity contribution in [3.8, 4) is 0 Å². The number of morpholine rings is 1. The van der Waals surface area contributed by atoms with Crippen LogP contribution in [0.2, 0.25) is 0 Å². The number of nitrogens with zero attached hydrogens (tertiary/aromatic N) is 2. The van der Waals surface area contributed by atoms with Crippen LogP contribution >= 0.6 is 0 Å². The lowest BCUT2D eigenvalue weighted by Crippen LogP contribution is -2.47. The molecule has 0 amide bonds. The Balaban J connectivity index is 1.52. The molecule has 2 saturated heterocycles. The molecule has 1 aromatic heterocycles. The zero-order valence-corrected chi connectivity index (χ0v) is 13.1. The van der Waals surface area contributed by atoms with Crippen molar-refractivity contribution >= 4 is 0 Å². The van der Waals surface area contributed by atoms with Crippen LogP contribution in [-0.4, -0.2) is 41.3 Å². The van der Waals surface area contributed by atoms with Crippen LogP contribution in [0.15, 0.2) is 6.07 Å². The topological polar surface area (TPSA) is 43.4 Å². The maximum atomic E-state index is 6.28. The van der Waals surface area contributed by atoms with Gasteiger partial charge < -0.3 is 15.0 Å². The lowest BCUT2D eigenvalue weighted by molar-refractivity contribution is -0.0556. The molecule has 21 heavy (non-hydrogen) atoms. The van der Waals surface area contributed by atoms with E-state index >= 15 is 0 Å². The largest absolute Gasteiger partial charge is 0.373 e. The molecule has 3 aliphatic rings. The summed E-state index contributed by atoms with van der Waals surface area (Å²) in [6, 6.07) is 3.24. The molecular formula is C17H27N3O. The van der Waals surface area contributed by atoms with Gasteiger partial charge in [0.2, 0.25) is 0 Å². The van der Waals surface area contributed by atoms with Crippen LogP contribution in [0.25, 0.3) is 0 Å². The van der Waals surface area contributed by atoms with Gasteiger partial charge in [-0.2, -0.15) is 0 Å². The Hall–Kier alpha value is -0.840. The zero-order valence-electron chi connectivity index (χ0n) is 13.1. The van der Waals surface area contributed by atoms with Crippen molar-refractivity contribution < 1.29 is 4.74 Å². The Kier molecular flexibility index (Phi) is 3.56. The molecule has 4 rings (SSSR count). The predicted molar refractivity (Wildman–Crippen MR) is 83.4 cm³/mol. The molecule has 2 fully saturated rings. The van der Waals surface area contributed by atoms with E-state index in [1.54, 1.807) is 0 Å². The van der Waals surface area contributed by atoms with E-state index in [1.165, 1.54) is 49.2 Å². The van der Waals surface area contributed by atoms with Crippen molar-refractivity contribution in [1.29, 1.82) is 0 Å². The summed E-state index contributed by atoms with van der Waals surface area (Å²) in [6.45, 7) is 6.50. The van der Waals surface area contributed by atoms with Crippen LogP contribution in [0.3, 0.4) is 0 Å². The second-order valence-corrected chi connectivity index (χ2v) is 7.04. The zero-order chi connectivity index (χ0) is 14.4. The Morgan fingerprint density at radius 1 is 1.33 bits per heavy atom. The SMILES string of the molecule is Cc1cc2c(n1CC1CN3CCCC3CO1)CCCC2N. The van der Waals surface area contributed by atoms with Gasteiger partial charge in [-0.15, -0.1) is 0 Å². The first-order valence-corrected chi connectivity index (χ1v) is 8.52. The van der Waals surface area contributed by atoms with Gasteiger partial charge in [-0.3, -0.25) is 4.90 Å². The Morgan fingerprint density at radius 3 is 3.14 bits per heavy atom. The molecule has 4 nitrogen and oxygen atoms in total. The summed E-state index contributed by atoms with van der Waals surface area (Å²) in [6.07, 6.45) is 6.53. The molecule has 1 aliphatic carbocycles. The molecule has 0 aromatic carbocycles. The molecule has 3 unspecified atom stereocenters. The summed E-state index contributed by atoms with van der Waals surface area (Å²) in [5.41, 5.74) is 10.5. The minimum Gasteiger partial charge on any atom is -0.373 e. The number of fused-ring (bicyclic) bond motifs is 2. The first-order valence-electron chi connectivity index (χ1n) is 8.52. The highest BCUT2D eigenvalue weighted by atomic mass is 16.5. The molecule has 0 saturated carbocycles. The molecule has 3 heterocycles. The minimum absolute atomic E-state index is 0.240. The van der Waals surface area contributed by atoms with E-state index in [4.69, 9.17) is 10.5 Å². The van der Waals surface area contributed by atoms with Crippen molar-refractivity contribution in [2.45, 2.75) is 63.8 Å². The lowest BCUT2D eigenvalue weighted by atomic mass is 9.93. The van der Waals surface area contributed by atoms with Gasteiger partial charge in [-0.05, 0) is 57.2 Å². The van der Waals surface area contributed by atoms with Crippen LogP contribution in [0.5, 0.6) is 0 Å². The summed E-state index contributed by atoms with van der Waals surface area (Å²) in [5.74, 6) is 0. The number of aryl methyl sites for hydroxylation is 1. The molecule has 0 radical (unpaired) electrons. The van der Waals surface area contributed by atoms with Gasteiger partial charge in [-0.1, -0.05) is 0 Å². The van der Waals surface area contributed by atoms with Crippen molar-refractivity contribution in [3.05, 3.63) is 23.0 Å². The summed E-state index contributed by atoms with van der Waals surface area (Å²) >= 11 is 0. The number of rotatable bonds is 2. The molecule has 4 heteroatoms. The van der Waals surface area contributed by atoms with E-state index in [2.05, 4.69) is 22.5 Å². The van der Waals surface area contributed by atoms with Gasteiger partial charge in [0.05, 0.1) is 19.3 Å². The summed E-state index contributed by atoms with van der Waals surface area (Å²) in [7, 11) is 0. The van der Waals surface area contributed by atoms with Gasteiger partial charge in [0.25, 0.3) is 0 Å². The first kappa shape index (κ1) is 13.8. The summed E-state index contributed by atoms with van der Waals surface area (Å²) in [5, 5.41) is 0. The number of hydrogen-bond donors (Lipinski definition) is 1. The average Bonchev–Trinajstić information content (AvgIpc) is 3.05. The molecule has 2 aliphatic heterocycles. The highest BCUT2D eigenvalue weighted by Gasteiger charge is 2.33. The van der Waals surface area contributed by atoms with Gasteiger partial charge in [0, 0.05) is 30.0 Å². The Bertz CT molecular complexity index is 524. The van der Waals surface area contributed by atoms with Crippen LogP contribution in [-0.2, 0) is 17.7 Å². The Labute approximate surface area is 127 Å². The third-order valence-electron chi connectivity index (χ3n) is 5.63. The molecule has 0 spiro atoms. The summed E-state index contributed by atoms with van der Waals surface area (Å²) in [4.78, 5) is 2.63. The van der Waals surface area contributed by atoms with E-state index in [-0.39, 0.29) is 6.04 Å². The van der Waals surface area contributed by atoms with Crippen LogP contribution in [0.1, 0.15) is 48.7 Å². The quantitative estimate of drug-likeness (QED) is 0.905. The van der Waals surface area contributed by atoms with Gasteiger partial charge in [0.15, 0.2) is 0 Å². The maximum Gasteiger partial charge on any atom is 0.0881 e. The van der Waals surface area contributed by atoms with Gasteiger partial charge >= 0.3 is 0 Å². The van der Waals surface area contributed by atoms with E-state index < -0.39 is 0 Å². The number of ether oxygens (including phenoxy) is 1. The number of hydrogen-bond acceptors (Lipinski definition) is 3. The third kappa shape index (κ3) is 2.43. The number of nitrogens with two attached hydrogens (primary N) is 1.